The molecule has 0 unspecified atom stereocenters. The van der Waals surface area contributed by atoms with Crippen LogP contribution >= 0.6 is 0 Å². The molecule has 1 aromatic rings. The fourth-order valence-corrected chi connectivity index (χ4v) is 2.40. The van der Waals surface area contributed by atoms with Gasteiger partial charge in [0.1, 0.15) is 0 Å². The van der Waals surface area contributed by atoms with Gasteiger partial charge in [-0.15, -0.1) is 0 Å². The molecule has 2 heterocycles. The van der Waals surface area contributed by atoms with Crippen LogP contribution in [0, 0.1) is 0 Å². The van der Waals surface area contributed by atoms with Crippen LogP contribution in [0.25, 0.3) is 5.57 Å². The topological polar surface area (TPSA) is 15.6 Å². The van der Waals surface area contributed by atoms with E-state index in [-0.39, 0.29) is 0 Å². The van der Waals surface area contributed by atoms with Crippen LogP contribution in [-0.4, -0.2) is 24.7 Å². The van der Waals surface area contributed by atoms with Crippen LogP contribution in [0.1, 0.15) is 18.4 Å². The molecule has 1 fully saturated rings. The summed E-state index contributed by atoms with van der Waals surface area (Å²) in [5.74, 6) is 0. The van der Waals surface area contributed by atoms with Crippen molar-refractivity contribution in [2.75, 3.05) is 13.6 Å². The Morgan fingerprint density at radius 3 is 2.93 bits per heavy atom. The van der Waals surface area contributed by atoms with Crippen molar-refractivity contribution in [1.29, 1.82) is 0 Å². The van der Waals surface area contributed by atoms with Gasteiger partial charge < -0.3 is 4.90 Å². The van der Waals surface area contributed by atoms with Crippen molar-refractivity contribution in [3.8, 4) is 0 Å². The molecule has 1 saturated heterocycles. The molecule has 15 heavy (non-hydrogen) atoms. The highest BCUT2D eigenvalue weighted by Crippen LogP contribution is 2.36. The van der Waals surface area contributed by atoms with E-state index in [1.54, 1.807) is 0 Å². The van der Waals surface area contributed by atoms with Crippen LogP contribution in [-0.2, 0) is 0 Å². The summed E-state index contributed by atoms with van der Waals surface area (Å²) in [7, 11) is 2.17. The predicted octanol–water partition coefficient (Wildman–Crippen LogP) is 2.84. The molecule has 2 aliphatic rings. The van der Waals surface area contributed by atoms with Gasteiger partial charge >= 0.3 is 0 Å². The number of hydrogen-bond acceptors (Lipinski definition) is 2. The van der Waals surface area contributed by atoms with E-state index in [2.05, 4.69) is 35.1 Å². The number of benzene rings is 1. The normalized spacial score (nSPS) is 23.7. The quantitative estimate of drug-likeness (QED) is 0.626. The van der Waals surface area contributed by atoms with Crippen LogP contribution < -0.4 is 0 Å². The van der Waals surface area contributed by atoms with Crippen molar-refractivity contribution in [2.45, 2.75) is 12.8 Å². The molecule has 0 saturated carbocycles. The number of para-hydroxylation sites is 1. The molecule has 76 valence electrons. The van der Waals surface area contributed by atoms with E-state index in [1.165, 1.54) is 36.2 Å². The average Bonchev–Trinajstić information content (AvgIpc) is 2.83. The Labute approximate surface area is 89.9 Å². The van der Waals surface area contributed by atoms with E-state index in [9.17, 15) is 0 Å². The monoisotopic (exact) mass is 198 g/mol. The molecule has 0 bridgehead atoms. The molecule has 2 aliphatic heterocycles. The summed E-state index contributed by atoms with van der Waals surface area (Å²) in [5.41, 5.74) is 5.18. The number of allylic oxidation sites excluding steroid dienone is 2. The van der Waals surface area contributed by atoms with E-state index in [0.717, 1.165) is 5.69 Å². The number of hydrogen-bond donors (Lipinski definition) is 0. The summed E-state index contributed by atoms with van der Waals surface area (Å²) in [6.07, 6.45) is 4.47. The predicted molar refractivity (Wildman–Crippen MR) is 63.4 cm³/mol. The van der Waals surface area contributed by atoms with Crippen molar-refractivity contribution >= 4 is 17.5 Å². The van der Waals surface area contributed by atoms with Crippen molar-refractivity contribution in [2.24, 2.45) is 4.99 Å². The van der Waals surface area contributed by atoms with Crippen LogP contribution in [0.3, 0.4) is 0 Å². The lowest BCUT2D eigenvalue weighted by Crippen LogP contribution is -2.11. The maximum absolute atomic E-state index is 4.45. The van der Waals surface area contributed by atoms with Gasteiger partial charge in [-0.2, -0.15) is 0 Å². The van der Waals surface area contributed by atoms with E-state index < -0.39 is 0 Å². The van der Waals surface area contributed by atoms with Crippen LogP contribution in [0.5, 0.6) is 0 Å². The van der Waals surface area contributed by atoms with Crippen molar-refractivity contribution < 1.29 is 0 Å². The van der Waals surface area contributed by atoms with E-state index in [4.69, 9.17) is 0 Å². The van der Waals surface area contributed by atoms with Gasteiger partial charge in [0.2, 0.25) is 0 Å². The highest BCUT2D eigenvalue weighted by atomic mass is 15.1. The summed E-state index contributed by atoms with van der Waals surface area (Å²) in [4.78, 5) is 6.80. The maximum Gasteiger partial charge on any atom is 0.0709 e. The number of fused-ring (bicyclic) bond motifs is 1. The van der Waals surface area contributed by atoms with Crippen molar-refractivity contribution in [3.05, 3.63) is 35.5 Å². The zero-order chi connectivity index (χ0) is 10.3. The van der Waals surface area contributed by atoms with E-state index in [1.807, 2.05) is 12.3 Å². The zero-order valence-corrected chi connectivity index (χ0v) is 8.90. The first-order valence-corrected chi connectivity index (χ1v) is 5.44. The number of rotatable bonds is 0. The molecule has 0 N–H and O–H groups in total. The van der Waals surface area contributed by atoms with Gasteiger partial charge in [0.15, 0.2) is 0 Å². The Bertz CT molecular complexity index is 457. The molecular formula is C13H14N2. The third-order valence-corrected chi connectivity index (χ3v) is 3.21. The molecule has 0 aromatic heterocycles. The Hall–Kier alpha value is -1.57. The second-order valence-corrected chi connectivity index (χ2v) is 4.16. The Kier molecular flexibility index (Phi) is 1.88. The first kappa shape index (κ1) is 8.72. The Morgan fingerprint density at radius 1 is 1.27 bits per heavy atom. The SMILES string of the molecule is CN1CCC/C1=C1\C=Nc2ccccc21. The number of likely N-dealkylation sites (tertiary alicyclic amines) is 1. The number of aliphatic imine (C=N–C) groups is 1. The molecule has 0 radical (unpaired) electrons. The molecule has 1 aromatic carbocycles. The van der Waals surface area contributed by atoms with E-state index in [0.29, 0.717) is 0 Å². The molecule has 2 nitrogen and oxygen atoms in total. The maximum atomic E-state index is 4.45. The standard InChI is InChI=1S/C13H14N2/c1-15-8-4-7-13(15)11-9-14-12-6-3-2-5-10(11)12/h2-3,5-6,9H,4,7-8H2,1H3/b13-11-. The van der Waals surface area contributed by atoms with Crippen molar-refractivity contribution in [3.63, 3.8) is 0 Å². The highest BCUT2D eigenvalue weighted by molar-refractivity contribution is 6.17. The highest BCUT2D eigenvalue weighted by Gasteiger charge is 2.21. The minimum Gasteiger partial charge on any atom is -0.377 e. The summed E-state index contributed by atoms with van der Waals surface area (Å²) in [6.45, 7) is 1.18. The molecule has 2 heteroatoms. The molecular weight excluding hydrogens is 184 g/mol. The van der Waals surface area contributed by atoms with Crippen LogP contribution in [0.2, 0.25) is 0 Å². The van der Waals surface area contributed by atoms with Crippen molar-refractivity contribution in [1.82, 2.24) is 4.90 Å². The largest absolute Gasteiger partial charge is 0.377 e. The molecule has 0 atom stereocenters. The van der Waals surface area contributed by atoms with Gasteiger partial charge in [0, 0.05) is 36.6 Å². The fourth-order valence-electron chi connectivity index (χ4n) is 2.40. The average molecular weight is 198 g/mol. The van der Waals surface area contributed by atoms with Gasteiger partial charge in [0.05, 0.1) is 5.69 Å². The zero-order valence-electron chi connectivity index (χ0n) is 8.90. The Balaban J connectivity index is 2.14. The summed E-state index contributed by atoms with van der Waals surface area (Å²) < 4.78 is 0. The van der Waals surface area contributed by atoms with Crippen LogP contribution in [0.4, 0.5) is 5.69 Å². The molecule has 3 rings (SSSR count). The lowest BCUT2D eigenvalue weighted by molar-refractivity contribution is 0.484. The smallest absolute Gasteiger partial charge is 0.0709 e. The fraction of sp³-hybridized carbons (Fsp3) is 0.308. The molecule has 0 amide bonds. The second kappa shape index (κ2) is 3.23. The van der Waals surface area contributed by atoms with Gasteiger partial charge in [-0.05, 0) is 18.9 Å². The van der Waals surface area contributed by atoms with E-state index >= 15 is 0 Å². The third kappa shape index (κ3) is 1.29. The molecule has 0 aliphatic carbocycles. The van der Waals surface area contributed by atoms with Gasteiger partial charge in [-0.1, -0.05) is 18.2 Å². The second-order valence-electron chi connectivity index (χ2n) is 4.16. The lowest BCUT2D eigenvalue weighted by atomic mass is 10.0. The Morgan fingerprint density at radius 2 is 2.13 bits per heavy atom. The number of nitrogens with zero attached hydrogens (tertiary/aromatic N) is 2. The first-order chi connectivity index (χ1) is 7.36. The van der Waals surface area contributed by atoms with Gasteiger partial charge in [-0.25, -0.2) is 0 Å². The minimum atomic E-state index is 1.11. The summed E-state index contributed by atoms with van der Waals surface area (Å²) >= 11 is 0. The molecule has 0 spiro atoms. The van der Waals surface area contributed by atoms with Gasteiger partial charge in [-0.3, -0.25) is 4.99 Å². The minimum absolute atomic E-state index is 1.11. The summed E-state index contributed by atoms with van der Waals surface area (Å²) in [6, 6.07) is 8.37. The first-order valence-electron chi connectivity index (χ1n) is 5.44. The summed E-state index contributed by atoms with van der Waals surface area (Å²) in [5, 5.41) is 0. The lowest BCUT2D eigenvalue weighted by Gasteiger charge is -2.15. The third-order valence-electron chi connectivity index (χ3n) is 3.21. The van der Waals surface area contributed by atoms with Crippen LogP contribution in [0.15, 0.2) is 35.0 Å². The van der Waals surface area contributed by atoms with Gasteiger partial charge in [0.25, 0.3) is 0 Å².